The molecule has 0 radical (unpaired) electrons. The Labute approximate surface area is 112 Å². The average molecular weight is 324 g/mol. The van der Waals surface area contributed by atoms with Crippen LogP contribution in [0.5, 0.6) is 0 Å². The van der Waals surface area contributed by atoms with Gasteiger partial charge in [0, 0.05) is 16.9 Å². The molecule has 0 bridgehead atoms. The molecule has 1 unspecified atom stereocenters. The molecule has 18 heavy (non-hydrogen) atoms. The Kier molecular flexibility index (Phi) is 5.19. The third-order valence-electron chi connectivity index (χ3n) is 2.29. The molecule has 1 aromatic carbocycles. The fourth-order valence-corrected chi connectivity index (χ4v) is 1.82. The van der Waals surface area contributed by atoms with Crippen LogP contribution in [0.2, 0.25) is 0 Å². The molecule has 6 heteroatoms. The molecule has 0 aliphatic heterocycles. The minimum atomic E-state index is -4.27. The van der Waals surface area contributed by atoms with Gasteiger partial charge in [-0.25, -0.2) is 0 Å². The van der Waals surface area contributed by atoms with Crippen molar-refractivity contribution in [1.82, 2.24) is 5.32 Å². The zero-order chi connectivity index (χ0) is 13.8. The van der Waals surface area contributed by atoms with E-state index in [9.17, 15) is 18.0 Å². The Morgan fingerprint density at radius 3 is 2.33 bits per heavy atom. The Morgan fingerprint density at radius 2 is 1.89 bits per heavy atom. The summed E-state index contributed by atoms with van der Waals surface area (Å²) in [6.45, 7) is 1.33. The first-order valence-electron chi connectivity index (χ1n) is 5.34. The maximum Gasteiger partial charge on any atom is 0.391 e. The van der Waals surface area contributed by atoms with Crippen LogP contribution in [0.3, 0.4) is 0 Å². The minimum absolute atomic E-state index is 0.355. The van der Waals surface area contributed by atoms with Crippen molar-refractivity contribution < 1.29 is 18.0 Å². The molecule has 0 heterocycles. The van der Waals surface area contributed by atoms with E-state index in [1.165, 1.54) is 6.92 Å². The number of nitrogens with one attached hydrogen (secondary N) is 1. The van der Waals surface area contributed by atoms with Crippen LogP contribution < -0.4 is 5.32 Å². The summed E-state index contributed by atoms with van der Waals surface area (Å²) in [5.41, 5.74) is 1.35. The molecule has 0 fully saturated rings. The van der Waals surface area contributed by atoms with Crippen LogP contribution >= 0.6 is 15.9 Å². The fraction of sp³-hybridized carbons (Fsp3) is 0.417. The Morgan fingerprint density at radius 1 is 1.33 bits per heavy atom. The first kappa shape index (κ1) is 15.0. The standard InChI is InChI=1S/C12H13BrF3NO/c1-8(6-12(14,15)16)17-11(18)10-4-2-9(7-13)3-5-10/h2-5,8H,6-7H2,1H3,(H,17,18). The van der Waals surface area contributed by atoms with E-state index >= 15 is 0 Å². The Bertz CT molecular complexity index is 403. The maximum atomic E-state index is 12.1. The first-order valence-corrected chi connectivity index (χ1v) is 6.46. The number of benzene rings is 1. The smallest absolute Gasteiger partial charge is 0.349 e. The van der Waals surface area contributed by atoms with E-state index < -0.39 is 24.5 Å². The van der Waals surface area contributed by atoms with Gasteiger partial charge in [-0.3, -0.25) is 4.79 Å². The SMILES string of the molecule is CC(CC(F)(F)F)NC(=O)c1ccc(CBr)cc1. The highest BCUT2D eigenvalue weighted by Crippen LogP contribution is 2.21. The number of rotatable bonds is 4. The summed E-state index contributed by atoms with van der Waals surface area (Å²) in [6, 6.07) is 5.74. The molecule has 1 amide bonds. The van der Waals surface area contributed by atoms with Gasteiger partial charge in [0.15, 0.2) is 0 Å². The molecule has 1 atom stereocenters. The van der Waals surface area contributed by atoms with Crippen LogP contribution in [0.25, 0.3) is 0 Å². The predicted molar refractivity (Wildman–Crippen MR) is 66.7 cm³/mol. The van der Waals surface area contributed by atoms with Gasteiger partial charge in [-0.15, -0.1) is 0 Å². The van der Waals surface area contributed by atoms with Gasteiger partial charge in [-0.2, -0.15) is 13.2 Å². The summed E-state index contributed by atoms with van der Waals surface area (Å²) in [7, 11) is 0. The highest BCUT2D eigenvalue weighted by molar-refractivity contribution is 9.08. The van der Waals surface area contributed by atoms with Crippen LogP contribution in [-0.2, 0) is 5.33 Å². The van der Waals surface area contributed by atoms with E-state index in [2.05, 4.69) is 21.2 Å². The van der Waals surface area contributed by atoms with Crippen LogP contribution in [0.4, 0.5) is 13.2 Å². The molecule has 2 nitrogen and oxygen atoms in total. The Balaban J connectivity index is 2.59. The van der Waals surface area contributed by atoms with E-state index in [0.717, 1.165) is 5.56 Å². The summed E-state index contributed by atoms with van der Waals surface area (Å²) in [5.74, 6) is -0.493. The van der Waals surface area contributed by atoms with Crippen molar-refractivity contribution in [2.75, 3.05) is 0 Å². The van der Waals surface area contributed by atoms with Gasteiger partial charge in [-0.05, 0) is 24.6 Å². The molecule has 1 aromatic rings. The molecule has 0 aliphatic carbocycles. The summed E-state index contributed by atoms with van der Waals surface area (Å²) in [4.78, 5) is 11.7. The minimum Gasteiger partial charge on any atom is -0.349 e. The second-order valence-corrected chi connectivity index (χ2v) is 4.59. The summed E-state index contributed by atoms with van der Waals surface area (Å²) in [5, 5.41) is 2.99. The van der Waals surface area contributed by atoms with Crippen molar-refractivity contribution in [2.45, 2.75) is 30.9 Å². The second-order valence-electron chi connectivity index (χ2n) is 4.02. The second kappa shape index (κ2) is 6.22. The fourth-order valence-electron chi connectivity index (χ4n) is 1.45. The van der Waals surface area contributed by atoms with Gasteiger partial charge < -0.3 is 5.32 Å². The number of halogens is 4. The quantitative estimate of drug-likeness (QED) is 0.842. The number of carbonyl (C=O) groups is 1. The van der Waals surface area contributed by atoms with Gasteiger partial charge in [0.05, 0.1) is 6.42 Å². The van der Waals surface area contributed by atoms with Crippen LogP contribution in [-0.4, -0.2) is 18.1 Å². The van der Waals surface area contributed by atoms with Crippen LogP contribution in [0, 0.1) is 0 Å². The molecule has 0 aliphatic rings. The van der Waals surface area contributed by atoms with E-state index in [1.807, 2.05) is 0 Å². The van der Waals surface area contributed by atoms with E-state index in [1.54, 1.807) is 24.3 Å². The van der Waals surface area contributed by atoms with Gasteiger partial charge in [0.2, 0.25) is 0 Å². The molecular weight excluding hydrogens is 311 g/mol. The average Bonchev–Trinajstić information content (AvgIpc) is 2.26. The molecular formula is C12H13BrF3NO. The van der Waals surface area contributed by atoms with Gasteiger partial charge in [0.25, 0.3) is 5.91 Å². The third-order valence-corrected chi connectivity index (χ3v) is 2.93. The van der Waals surface area contributed by atoms with E-state index in [0.29, 0.717) is 10.9 Å². The van der Waals surface area contributed by atoms with Crippen molar-refractivity contribution in [3.8, 4) is 0 Å². The summed E-state index contributed by atoms with van der Waals surface area (Å²) < 4.78 is 36.3. The van der Waals surface area contributed by atoms with E-state index in [-0.39, 0.29) is 0 Å². The van der Waals surface area contributed by atoms with Gasteiger partial charge >= 0.3 is 6.18 Å². The number of carbonyl (C=O) groups excluding carboxylic acids is 1. The normalized spacial score (nSPS) is 13.2. The Hall–Kier alpha value is -1.04. The van der Waals surface area contributed by atoms with Gasteiger partial charge in [-0.1, -0.05) is 28.1 Å². The first-order chi connectivity index (χ1) is 8.31. The van der Waals surface area contributed by atoms with Crippen molar-refractivity contribution in [1.29, 1.82) is 0 Å². The summed E-state index contributed by atoms with van der Waals surface area (Å²) in [6.07, 6.45) is -5.30. The lowest BCUT2D eigenvalue weighted by molar-refractivity contribution is -0.138. The topological polar surface area (TPSA) is 29.1 Å². The number of hydrogen-bond donors (Lipinski definition) is 1. The lowest BCUT2D eigenvalue weighted by atomic mass is 10.1. The number of hydrogen-bond acceptors (Lipinski definition) is 1. The zero-order valence-electron chi connectivity index (χ0n) is 9.72. The highest BCUT2D eigenvalue weighted by atomic mass is 79.9. The predicted octanol–water partition coefficient (Wildman–Crippen LogP) is 3.65. The van der Waals surface area contributed by atoms with Crippen molar-refractivity contribution >= 4 is 21.8 Å². The third kappa shape index (κ3) is 5.08. The summed E-state index contributed by atoms with van der Waals surface area (Å²) >= 11 is 3.27. The highest BCUT2D eigenvalue weighted by Gasteiger charge is 2.30. The van der Waals surface area contributed by atoms with Crippen LogP contribution in [0.1, 0.15) is 29.3 Å². The van der Waals surface area contributed by atoms with Crippen molar-refractivity contribution in [3.05, 3.63) is 35.4 Å². The van der Waals surface area contributed by atoms with E-state index in [4.69, 9.17) is 0 Å². The molecule has 1 N–H and O–H groups in total. The largest absolute Gasteiger partial charge is 0.391 e. The van der Waals surface area contributed by atoms with Crippen molar-refractivity contribution in [2.24, 2.45) is 0 Å². The van der Waals surface area contributed by atoms with Crippen LogP contribution in [0.15, 0.2) is 24.3 Å². The molecule has 0 aromatic heterocycles. The lowest BCUT2D eigenvalue weighted by Crippen LogP contribution is -2.35. The zero-order valence-corrected chi connectivity index (χ0v) is 11.3. The number of alkyl halides is 4. The molecule has 0 spiro atoms. The van der Waals surface area contributed by atoms with Gasteiger partial charge in [0.1, 0.15) is 0 Å². The monoisotopic (exact) mass is 323 g/mol. The molecule has 1 rings (SSSR count). The molecule has 0 saturated carbocycles. The lowest BCUT2D eigenvalue weighted by Gasteiger charge is -2.15. The number of amides is 1. The maximum absolute atomic E-state index is 12.1. The molecule has 0 saturated heterocycles. The molecule has 100 valence electrons. The van der Waals surface area contributed by atoms with Crippen molar-refractivity contribution in [3.63, 3.8) is 0 Å².